The summed E-state index contributed by atoms with van der Waals surface area (Å²) in [4.78, 5) is 0. The Morgan fingerprint density at radius 3 is 1.00 bits per heavy atom. The fraction of sp³-hybridized carbons (Fsp3) is 0. The van der Waals surface area contributed by atoms with Crippen molar-refractivity contribution in [2.45, 2.75) is 0 Å². The Bertz CT molecular complexity index is 8.00. The third kappa shape index (κ3) is 9.20. The molecule has 0 atom stereocenters. The van der Waals surface area contributed by atoms with Gasteiger partial charge in [0.05, 0.1) is 0 Å². The van der Waals surface area contributed by atoms with E-state index >= 15 is 0 Å². The molecular formula is BMnNiTi. The molecule has 0 rings (SSSR count). The number of rotatable bonds is 0. The van der Waals surface area contributed by atoms with Gasteiger partial charge >= 0.3 is 0 Å². The van der Waals surface area contributed by atoms with Crippen LogP contribution in [0.2, 0.25) is 0 Å². The van der Waals surface area contributed by atoms with Crippen molar-refractivity contribution in [3.8, 4) is 0 Å². The molecule has 0 aliphatic carbocycles. The SMILES string of the molecule is [B].[Mn].[Ni].[Ti]. The van der Waals surface area contributed by atoms with Crippen LogP contribution in [0.15, 0.2) is 0 Å². The van der Waals surface area contributed by atoms with Crippen LogP contribution < -0.4 is 0 Å². The van der Waals surface area contributed by atoms with E-state index in [4.69, 9.17) is 0 Å². The molecule has 0 nitrogen and oxygen atoms in total. The topological polar surface area (TPSA) is 0 Å². The minimum absolute atomic E-state index is 0. The van der Waals surface area contributed by atoms with E-state index in [0.717, 1.165) is 0 Å². The van der Waals surface area contributed by atoms with Gasteiger partial charge in [-0.15, -0.1) is 0 Å². The summed E-state index contributed by atoms with van der Waals surface area (Å²) in [6, 6.07) is 0. The van der Waals surface area contributed by atoms with Crippen LogP contribution in [0.25, 0.3) is 0 Å². The smallest absolute Gasteiger partial charge is 0 e. The van der Waals surface area contributed by atoms with Crippen molar-refractivity contribution in [1.82, 2.24) is 0 Å². The fourth-order valence-corrected chi connectivity index (χ4v) is 0. The molecule has 4 heavy (non-hydrogen) atoms. The maximum absolute atomic E-state index is 0. The van der Waals surface area contributed by atoms with Crippen LogP contribution in [-0.4, -0.2) is 8.41 Å². The first-order valence-electron chi connectivity index (χ1n) is 0. The molecule has 0 aromatic carbocycles. The van der Waals surface area contributed by atoms with Crippen LogP contribution >= 0.6 is 0 Å². The van der Waals surface area contributed by atoms with Gasteiger partial charge in [0.25, 0.3) is 0 Å². The monoisotopic (exact) mass is 172 g/mol. The van der Waals surface area contributed by atoms with Crippen molar-refractivity contribution in [2.75, 3.05) is 0 Å². The van der Waals surface area contributed by atoms with Gasteiger partial charge in [-0.1, -0.05) is 0 Å². The van der Waals surface area contributed by atoms with Crippen LogP contribution in [0.5, 0.6) is 0 Å². The van der Waals surface area contributed by atoms with E-state index in [1.165, 1.54) is 0 Å². The van der Waals surface area contributed by atoms with Gasteiger partial charge in [0.2, 0.25) is 0 Å². The summed E-state index contributed by atoms with van der Waals surface area (Å²) in [7, 11) is 0. The van der Waals surface area contributed by atoms with Crippen molar-refractivity contribution in [1.29, 1.82) is 0 Å². The van der Waals surface area contributed by atoms with Crippen molar-refractivity contribution in [3.63, 3.8) is 0 Å². The Morgan fingerprint density at radius 2 is 1.00 bits per heavy atom. The first-order valence-corrected chi connectivity index (χ1v) is 0. The van der Waals surface area contributed by atoms with Gasteiger partial charge in [0.1, 0.15) is 0 Å². The van der Waals surface area contributed by atoms with Crippen molar-refractivity contribution in [3.05, 3.63) is 0 Å². The second kappa shape index (κ2) is 21.5. The van der Waals surface area contributed by atoms with Crippen LogP contribution in [0.3, 0.4) is 0 Å². The molecule has 0 bridgehead atoms. The molecular weight excluding hydrogens is 172 g/mol. The maximum Gasteiger partial charge on any atom is 0 e. The van der Waals surface area contributed by atoms with Crippen LogP contribution in [-0.2, 0) is 55.3 Å². The standard InChI is InChI=1S/B.Mn.Ni.Ti. The molecule has 0 heterocycles. The Hall–Kier alpha value is 1.79. The van der Waals surface area contributed by atoms with Crippen LogP contribution in [0.1, 0.15) is 0 Å². The van der Waals surface area contributed by atoms with Gasteiger partial charge in [-0.2, -0.15) is 0 Å². The summed E-state index contributed by atoms with van der Waals surface area (Å²) in [5.74, 6) is 0. The molecule has 24 valence electrons. The average molecular weight is 172 g/mol. The fourth-order valence-electron chi connectivity index (χ4n) is 0. The van der Waals surface area contributed by atoms with Crippen molar-refractivity contribution < 1.29 is 55.3 Å². The van der Waals surface area contributed by atoms with E-state index in [1.54, 1.807) is 0 Å². The second-order valence-corrected chi connectivity index (χ2v) is 0. The van der Waals surface area contributed by atoms with E-state index in [0.29, 0.717) is 0 Å². The Morgan fingerprint density at radius 1 is 1.00 bits per heavy atom. The Kier molecular flexibility index (Phi) is 222. The summed E-state index contributed by atoms with van der Waals surface area (Å²) < 4.78 is 0. The first-order chi connectivity index (χ1) is 0. The summed E-state index contributed by atoms with van der Waals surface area (Å²) in [6.07, 6.45) is 0. The zero-order valence-electron chi connectivity index (χ0n) is 1.77. The van der Waals surface area contributed by atoms with E-state index in [2.05, 4.69) is 0 Å². The van der Waals surface area contributed by atoms with Gasteiger partial charge in [0.15, 0.2) is 0 Å². The molecule has 0 unspecified atom stereocenters. The second-order valence-electron chi connectivity index (χ2n) is 0. The average Bonchev–Trinajstić information content (AvgIpc) is 0. The maximum atomic E-state index is 0. The minimum atomic E-state index is 0. The first kappa shape index (κ1) is 41.4. The van der Waals surface area contributed by atoms with Gasteiger partial charge in [-0.25, -0.2) is 0 Å². The zero-order valence-corrected chi connectivity index (χ0v) is 5.50. The molecule has 0 N–H and O–H groups in total. The summed E-state index contributed by atoms with van der Waals surface area (Å²) in [6.45, 7) is 0. The van der Waals surface area contributed by atoms with E-state index < -0.39 is 0 Å². The molecule has 0 aromatic rings. The Balaban J connectivity index is 0. The number of hydrogen-bond donors (Lipinski definition) is 0. The molecule has 0 aromatic heterocycles. The Labute approximate surface area is 63.3 Å². The van der Waals surface area contributed by atoms with E-state index in [1.807, 2.05) is 0 Å². The molecule has 4 radical (unpaired) electrons. The van der Waals surface area contributed by atoms with Gasteiger partial charge in [-0.05, 0) is 0 Å². The van der Waals surface area contributed by atoms with Crippen LogP contribution in [0.4, 0.5) is 0 Å². The zero-order chi connectivity index (χ0) is 0. The predicted octanol–water partition coefficient (Wildman–Crippen LogP) is -0.388. The molecule has 0 aliphatic heterocycles. The third-order valence-electron chi connectivity index (χ3n) is 0. The molecule has 0 saturated carbocycles. The molecule has 0 saturated heterocycles. The molecule has 4 heteroatoms. The largest absolute Gasteiger partial charge is 0 e. The van der Waals surface area contributed by atoms with Gasteiger partial charge in [0, 0.05) is 63.7 Å². The molecule has 0 aliphatic rings. The van der Waals surface area contributed by atoms with Gasteiger partial charge in [-0.3, -0.25) is 0 Å². The van der Waals surface area contributed by atoms with Crippen LogP contribution in [0, 0.1) is 0 Å². The molecule has 0 spiro atoms. The van der Waals surface area contributed by atoms with E-state index in [9.17, 15) is 0 Å². The predicted molar refractivity (Wildman–Crippen MR) is 5.75 cm³/mol. The normalized spacial score (nSPS) is 0. The van der Waals surface area contributed by atoms with Gasteiger partial charge < -0.3 is 0 Å². The third-order valence-corrected chi connectivity index (χ3v) is 0. The summed E-state index contributed by atoms with van der Waals surface area (Å²) >= 11 is 0. The number of hydrogen-bond acceptors (Lipinski definition) is 0. The quantitative estimate of drug-likeness (QED) is 0.437. The van der Waals surface area contributed by atoms with Crippen molar-refractivity contribution >= 4 is 8.41 Å². The van der Waals surface area contributed by atoms with Crippen molar-refractivity contribution in [2.24, 2.45) is 0 Å². The molecule has 0 amide bonds. The molecule has 0 fully saturated rings. The summed E-state index contributed by atoms with van der Waals surface area (Å²) in [5, 5.41) is 0. The minimum Gasteiger partial charge on any atom is 0 e. The summed E-state index contributed by atoms with van der Waals surface area (Å²) in [5.41, 5.74) is 0. The van der Waals surface area contributed by atoms with E-state index in [-0.39, 0.29) is 63.7 Å².